The van der Waals surface area contributed by atoms with E-state index in [1.54, 1.807) is 11.0 Å². The fourth-order valence-corrected chi connectivity index (χ4v) is 4.28. The molecule has 1 aliphatic rings. The Labute approximate surface area is 218 Å². The van der Waals surface area contributed by atoms with Gasteiger partial charge < -0.3 is 26.2 Å². The van der Waals surface area contributed by atoms with Gasteiger partial charge in [-0.15, -0.1) is 0 Å². The number of nitrogens with zero attached hydrogens (tertiary/aromatic N) is 4. The predicted molar refractivity (Wildman–Crippen MR) is 140 cm³/mol. The lowest BCUT2D eigenvalue weighted by Crippen LogP contribution is -2.48. The lowest BCUT2D eigenvalue weighted by molar-refractivity contribution is -0.130. The molecule has 4 N–H and O–H groups in total. The van der Waals surface area contributed by atoms with Crippen LogP contribution < -0.4 is 21.3 Å². The summed E-state index contributed by atoms with van der Waals surface area (Å²) in [4.78, 5) is 31.8. The number of rotatable bonds is 9. The highest BCUT2D eigenvalue weighted by molar-refractivity contribution is 5.80. The van der Waals surface area contributed by atoms with Crippen molar-refractivity contribution in [3.05, 3.63) is 77.5 Å². The Kier molecular flexibility index (Phi) is 8.33. The average molecular weight is 520 g/mol. The van der Waals surface area contributed by atoms with Gasteiger partial charge in [0.15, 0.2) is 0 Å². The molecule has 9 nitrogen and oxygen atoms in total. The van der Waals surface area contributed by atoms with Crippen LogP contribution in [-0.4, -0.2) is 47.9 Å². The number of carbonyl (C=O) groups is 2. The van der Waals surface area contributed by atoms with Gasteiger partial charge in [-0.05, 0) is 35.9 Å². The lowest BCUT2D eigenvalue weighted by atomic mass is 10.1. The molecule has 0 spiro atoms. The molecule has 3 aromatic rings. The highest BCUT2D eigenvalue weighted by Gasteiger charge is 2.21. The van der Waals surface area contributed by atoms with Crippen LogP contribution in [0.5, 0.6) is 0 Å². The van der Waals surface area contributed by atoms with E-state index in [4.69, 9.17) is 11.0 Å². The molecule has 0 unspecified atom stereocenters. The molecule has 1 fully saturated rings. The maximum Gasteiger partial charge on any atom is 0.236 e. The second kappa shape index (κ2) is 12.0. The van der Waals surface area contributed by atoms with Crippen LogP contribution >= 0.6 is 0 Å². The number of nitrogens with two attached hydrogens (primary N) is 1. The van der Waals surface area contributed by atoms with Crippen LogP contribution in [0.1, 0.15) is 17.5 Å². The van der Waals surface area contributed by atoms with Crippen LogP contribution in [0.15, 0.2) is 54.7 Å². The normalized spacial score (nSPS) is 13.1. The van der Waals surface area contributed by atoms with E-state index in [2.05, 4.69) is 20.5 Å². The summed E-state index contributed by atoms with van der Waals surface area (Å²) in [5, 5.41) is 15.1. The zero-order chi connectivity index (χ0) is 27.1. The third-order valence-corrected chi connectivity index (χ3v) is 6.10. The predicted octanol–water partition coefficient (Wildman–Crippen LogP) is 3.31. The zero-order valence-electron chi connectivity index (χ0n) is 20.6. The average Bonchev–Trinajstić information content (AvgIpc) is 2.88. The maximum atomic E-state index is 13.6. The monoisotopic (exact) mass is 519 g/mol. The summed E-state index contributed by atoms with van der Waals surface area (Å²) in [6.45, 7) is 2.52. The summed E-state index contributed by atoms with van der Waals surface area (Å²) < 4.78 is 27.2. The second-order valence-electron chi connectivity index (χ2n) is 8.88. The van der Waals surface area contributed by atoms with E-state index in [-0.39, 0.29) is 25.3 Å². The van der Waals surface area contributed by atoms with Crippen LogP contribution in [0, 0.1) is 23.0 Å². The minimum absolute atomic E-state index is 0.0501. The number of anilines is 4. The van der Waals surface area contributed by atoms with E-state index in [1.165, 1.54) is 18.3 Å². The molecule has 4 rings (SSSR count). The van der Waals surface area contributed by atoms with Gasteiger partial charge in [0.25, 0.3) is 0 Å². The van der Waals surface area contributed by atoms with Gasteiger partial charge in [-0.3, -0.25) is 9.59 Å². The summed E-state index contributed by atoms with van der Waals surface area (Å²) in [6, 6.07) is 14.6. The van der Waals surface area contributed by atoms with Gasteiger partial charge >= 0.3 is 0 Å². The number of nitrogens with one attached hydrogen (secondary N) is 2. The maximum absolute atomic E-state index is 13.6. The first kappa shape index (κ1) is 26.3. The molecule has 0 atom stereocenters. The van der Waals surface area contributed by atoms with E-state index < -0.39 is 17.5 Å². The van der Waals surface area contributed by atoms with Crippen molar-refractivity contribution in [2.75, 3.05) is 41.7 Å². The molecule has 2 heterocycles. The van der Waals surface area contributed by atoms with Crippen LogP contribution in [0.4, 0.5) is 31.7 Å². The van der Waals surface area contributed by atoms with Crippen LogP contribution in [-0.2, 0) is 22.6 Å². The van der Waals surface area contributed by atoms with Crippen molar-refractivity contribution in [1.29, 1.82) is 5.26 Å². The Balaban J connectivity index is 1.47. The van der Waals surface area contributed by atoms with Crippen molar-refractivity contribution in [3.63, 3.8) is 0 Å². The zero-order valence-corrected chi connectivity index (χ0v) is 20.6. The van der Waals surface area contributed by atoms with Crippen LogP contribution in [0.25, 0.3) is 0 Å². The summed E-state index contributed by atoms with van der Waals surface area (Å²) in [7, 11) is 0. The lowest BCUT2D eigenvalue weighted by Gasteiger charge is -2.36. The number of pyridine rings is 1. The van der Waals surface area contributed by atoms with Crippen molar-refractivity contribution in [2.45, 2.75) is 19.4 Å². The summed E-state index contributed by atoms with van der Waals surface area (Å²) in [5.41, 5.74) is 8.64. The quantitative estimate of drug-likeness (QED) is 0.396. The van der Waals surface area contributed by atoms with Gasteiger partial charge in [-0.1, -0.05) is 6.07 Å². The fourth-order valence-electron chi connectivity index (χ4n) is 4.28. The molecular weight excluding hydrogens is 492 g/mol. The molecule has 0 radical (unpaired) electrons. The highest BCUT2D eigenvalue weighted by Crippen LogP contribution is 2.26. The Hall–Kier alpha value is -4.72. The number of primary amides is 1. The van der Waals surface area contributed by atoms with Crippen molar-refractivity contribution < 1.29 is 18.4 Å². The number of aromatic nitrogens is 1. The summed E-state index contributed by atoms with van der Waals surface area (Å²) in [5.74, 6) is -1.54. The largest absolute Gasteiger partial charge is 0.381 e. The number of amides is 2. The number of nitriles is 1. The van der Waals surface area contributed by atoms with Crippen molar-refractivity contribution >= 4 is 34.7 Å². The standard InChI is InChI=1S/C27H27F2N7O2/c28-20-10-18(11-21(29)13-20)16-32-24-15-26(33-17-19(24)12-25(31)37)34-22-2-1-3-23(14-22)35-6-8-36(9-7-35)27(38)4-5-30/h1-3,10-11,13-15,17H,4,6-9,12,16H2,(H2,31,37)(H2,32,33,34). The Morgan fingerprint density at radius 1 is 1.05 bits per heavy atom. The molecular formula is C27H27F2N7O2. The van der Waals surface area contributed by atoms with Gasteiger partial charge in [0.05, 0.1) is 12.5 Å². The first-order valence-electron chi connectivity index (χ1n) is 12.0. The third-order valence-electron chi connectivity index (χ3n) is 6.10. The van der Waals surface area contributed by atoms with Crippen molar-refractivity contribution in [1.82, 2.24) is 9.88 Å². The number of carbonyl (C=O) groups excluding carboxylic acids is 2. The van der Waals surface area contributed by atoms with Crippen LogP contribution in [0.3, 0.4) is 0 Å². The van der Waals surface area contributed by atoms with E-state index in [9.17, 15) is 18.4 Å². The molecule has 1 aromatic heterocycles. The van der Waals surface area contributed by atoms with E-state index in [0.29, 0.717) is 48.8 Å². The Bertz CT molecular complexity index is 1350. The number of hydrogen-bond acceptors (Lipinski definition) is 7. The van der Waals surface area contributed by atoms with Crippen LogP contribution in [0.2, 0.25) is 0 Å². The van der Waals surface area contributed by atoms with Crippen molar-refractivity contribution in [3.8, 4) is 6.07 Å². The molecule has 0 saturated carbocycles. The number of hydrogen-bond donors (Lipinski definition) is 3. The first-order valence-corrected chi connectivity index (χ1v) is 12.0. The summed E-state index contributed by atoms with van der Waals surface area (Å²) in [6.07, 6.45) is 1.37. The number of halogens is 2. The fraction of sp³-hybridized carbons (Fsp3) is 0.259. The van der Waals surface area contributed by atoms with Gasteiger partial charge in [-0.2, -0.15) is 5.26 Å². The van der Waals surface area contributed by atoms with Gasteiger partial charge in [0, 0.05) is 73.7 Å². The number of benzene rings is 2. The summed E-state index contributed by atoms with van der Waals surface area (Å²) >= 11 is 0. The molecule has 0 bridgehead atoms. The molecule has 11 heteroatoms. The Morgan fingerprint density at radius 2 is 1.79 bits per heavy atom. The van der Waals surface area contributed by atoms with E-state index in [0.717, 1.165) is 17.4 Å². The molecule has 1 aliphatic heterocycles. The highest BCUT2D eigenvalue weighted by atomic mass is 19.1. The van der Waals surface area contributed by atoms with E-state index in [1.807, 2.05) is 30.3 Å². The molecule has 2 amide bonds. The van der Waals surface area contributed by atoms with Crippen molar-refractivity contribution in [2.24, 2.45) is 5.73 Å². The number of piperazine rings is 1. The minimum Gasteiger partial charge on any atom is -0.381 e. The first-order chi connectivity index (χ1) is 18.3. The molecule has 0 aliphatic carbocycles. The molecule has 196 valence electrons. The Morgan fingerprint density at radius 3 is 2.47 bits per heavy atom. The van der Waals surface area contributed by atoms with Gasteiger partial charge in [0.1, 0.15) is 23.9 Å². The molecule has 38 heavy (non-hydrogen) atoms. The van der Waals surface area contributed by atoms with Gasteiger partial charge in [-0.25, -0.2) is 13.8 Å². The smallest absolute Gasteiger partial charge is 0.236 e. The third kappa shape index (κ3) is 6.94. The SMILES string of the molecule is N#CCC(=O)N1CCN(c2cccc(Nc3cc(NCc4cc(F)cc(F)c4)c(CC(N)=O)cn3)c2)CC1. The topological polar surface area (TPSA) is 127 Å². The van der Waals surface area contributed by atoms with Gasteiger partial charge in [0.2, 0.25) is 11.8 Å². The molecule has 1 saturated heterocycles. The molecule has 2 aromatic carbocycles. The second-order valence-corrected chi connectivity index (χ2v) is 8.88. The van der Waals surface area contributed by atoms with E-state index >= 15 is 0 Å². The minimum atomic E-state index is -0.675.